The quantitative estimate of drug-likeness (QED) is 0.757. The summed E-state index contributed by atoms with van der Waals surface area (Å²) in [7, 11) is 1.51. The third kappa shape index (κ3) is 2.59. The predicted molar refractivity (Wildman–Crippen MR) is 57.1 cm³/mol. The highest BCUT2D eigenvalue weighted by molar-refractivity contribution is 5.94. The summed E-state index contributed by atoms with van der Waals surface area (Å²) in [6.07, 6.45) is 0.673. The van der Waals surface area contributed by atoms with Gasteiger partial charge in [-0.15, -0.1) is 0 Å². The number of ether oxygens (including phenoxy) is 1. The van der Waals surface area contributed by atoms with E-state index in [1.807, 2.05) is 6.92 Å². The normalized spacial score (nSPS) is 9.94. The largest absolute Gasteiger partial charge is 0.462 e. The van der Waals surface area contributed by atoms with Gasteiger partial charge in [0, 0.05) is 7.05 Å². The molecule has 0 saturated carbocycles. The number of halogens is 1. The summed E-state index contributed by atoms with van der Waals surface area (Å²) in [6.45, 7) is 2.10. The number of hydrogen-bond donors (Lipinski definition) is 2. The van der Waals surface area contributed by atoms with Crippen molar-refractivity contribution in [1.29, 1.82) is 0 Å². The van der Waals surface area contributed by atoms with Crippen LogP contribution in [0.2, 0.25) is 0 Å². The maximum atomic E-state index is 13.0. The van der Waals surface area contributed by atoms with Gasteiger partial charge >= 0.3 is 5.97 Å². The minimum absolute atomic E-state index is 0.0203. The number of rotatable bonds is 4. The number of pyridine rings is 1. The lowest BCUT2D eigenvalue weighted by atomic mass is 10.2. The maximum Gasteiger partial charge on any atom is 0.341 e. The first kappa shape index (κ1) is 12.2. The van der Waals surface area contributed by atoms with Gasteiger partial charge in [-0.3, -0.25) is 4.79 Å². The Labute approximate surface area is 91.6 Å². The first-order valence-electron chi connectivity index (χ1n) is 4.87. The molecule has 1 heterocycles. The van der Waals surface area contributed by atoms with E-state index in [1.54, 1.807) is 0 Å². The van der Waals surface area contributed by atoms with Crippen LogP contribution in [0.25, 0.3) is 0 Å². The van der Waals surface area contributed by atoms with Gasteiger partial charge in [-0.05, 0) is 12.5 Å². The van der Waals surface area contributed by atoms with E-state index in [4.69, 9.17) is 4.74 Å². The standard InChI is InChI=1S/C10H13FN2O3/c1-3-4-16-10(15)6-5-7(11)9(14)13-8(6)12-2/h5H,3-4H2,1-2H3,(H2,12,13,14). The molecule has 0 spiro atoms. The van der Waals surface area contributed by atoms with Crippen molar-refractivity contribution in [3.05, 3.63) is 27.8 Å². The summed E-state index contributed by atoms with van der Waals surface area (Å²) in [5.74, 6) is -1.53. The van der Waals surface area contributed by atoms with E-state index in [-0.39, 0.29) is 18.0 Å². The van der Waals surface area contributed by atoms with Crippen LogP contribution in [0.4, 0.5) is 10.2 Å². The lowest BCUT2D eigenvalue weighted by molar-refractivity contribution is 0.0505. The molecular formula is C10H13FN2O3. The van der Waals surface area contributed by atoms with Crippen LogP contribution in [0.1, 0.15) is 23.7 Å². The summed E-state index contributed by atoms with van der Waals surface area (Å²) in [6, 6.07) is 0.864. The molecule has 16 heavy (non-hydrogen) atoms. The molecule has 0 aromatic carbocycles. The average Bonchev–Trinajstić information content (AvgIpc) is 2.28. The number of carbonyl (C=O) groups excluding carboxylic acids is 1. The Bertz CT molecular complexity index is 442. The van der Waals surface area contributed by atoms with E-state index in [0.717, 1.165) is 6.07 Å². The molecule has 0 fully saturated rings. The summed E-state index contributed by atoms with van der Waals surface area (Å²) in [5, 5.41) is 2.60. The van der Waals surface area contributed by atoms with Crippen LogP contribution in [0.5, 0.6) is 0 Å². The van der Waals surface area contributed by atoms with Crippen LogP contribution in [-0.4, -0.2) is 24.6 Å². The van der Waals surface area contributed by atoms with Gasteiger partial charge in [0.25, 0.3) is 5.56 Å². The second-order valence-corrected chi connectivity index (χ2v) is 3.12. The summed E-state index contributed by atoms with van der Waals surface area (Å²) < 4.78 is 17.8. The first-order chi connectivity index (χ1) is 7.60. The summed E-state index contributed by atoms with van der Waals surface area (Å²) in [4.78, 5) is 24.7. The fourth-order valence-corrected chi connectivity index (χ4v) is 1.14. The van der Waals surface area contributed by atoms with Crippen LogP contribution in [-0.2, 0) is 4.74 Å². The third-order valence-electron chi connectivity index (χ3n) is 1.90. The molecule has 1 rings (SSSR count). The zero-order valence-corrected chi connectivity index (χ0v) is 9.09. The van der Waals surface area contributed by atoms with E-state index in [1.165, 1.54) is 7.05 Å². The van der Waals surface area contributed by atoms with Crippen molar-refractivity contribution in [2.75, 3.05) is 19.0 Å². The Morgan fingerprint density at radius 1 is 1.62 bits per heavy atom. The second kappa shape index (κ2) is 5.29. The molecule has 5 nitrogen and oxygen atoms in total. The number of carbonyl (C=O) groups is 1. The number of hydrogen-bond acceptors (Lipinski definition) is 4. The third-order valence-corrected chi connectivity index (χ3v) is 1.90. The smallest absolute Gasteiger partial charge is 0.341 e. The Morgan fingerprint density at radius 2 is 2.31 bits per heavy atom. The van der Waals surface area contributed by atoms with Crippen molar-refractivity contribution < 1.29 is 13.9 Å². The SMILES string of the molecule is CCCOC(=O)c1cc(F)c(=O)[nH]c1NC. The van der Waals surface area contributed by atoms with Gasteiger partial charge < -0.3 is 15.0 Å². The molecule has 0 atom stereocenters. The van der Waals surface area contributed by atoms with Gasteiger partial charge in [-0.2, -0.15) is 0 Å². The van der Waals surface area contributed by atoms with E-state index < -0.39 is 17.3 Å². The van der Waals surface area contributed by atoms with Crippen LogP contribution in [0.3, 0.4) is 0 Å². The van der Waals surface area contributed by atoms with Crippen LogP contribution >= 0.6 is 0 Å². The van der Waals surface area contributed by atoms with Crippen molar-refractivity contribution in [2.24, 2.45) is 0 Å². The maximum absolute atomic E-state index is 13.0. The fourth-order valence-electron chi connectivity index (χ4n) is 1.14. The molecule has 0 aliphatic carbocycles. The molecule has 0 unspecified atom stereocenters. The molecule has 2 N–H and O–H groups in total. The molecule has 0 saturated heterocycles. The Morgan fingerprint density at radius 3 is 2.88 bits per heavy atom. The van der Waals surface area contributed by atoms with Gasteiger partial charge in [-0.25, -0.2) is 9.18 Å². The van der Waals surface area contributed by atoms with Gasteiger partial charge in [0.15, 0.2) is 5.82 Å². The highest BCUT2D eigenvalue weighted by Crippen LogP contribution is 2.12. The first-order valence-corrected chi connectivity index (χ1v) is 4.87. The minimum Gasteiger partial charge on any atom is -0.462 e. The molecule has 1 aromatic rings. The lowest BCUT2D eigenvalue weighted by Gasteiger charge is -2.08. The van der Waals surface area contributed by atoms with E-state index in [9.17, 15) is 14.0 Å². The topological polar surface area (TPSA) is 71.2 Å². The summed E-state index contributed by atoms with van der Waals surface area (Å²) in [5.41, 5.74) is -0.899. The number of H-pyrrole nitrogens is 1. The molecule has 0 bridgehead atoms. The zero-order chi connectivity index (χ0) is 12.1. The van der Waals surface area contributed by atoms with Crippen molar-refractivity contribution in [1.82, 2.24) is 4.98 Å². The van der Waals surface area contributed by atoms with Gasteiger partial charge in [-0.1, -0.05) is 6.92 Å². The van der Waals surface area contributed by atoms with Crippen LogP contribution < -0.4 is 10.9 Å². The molecule has 0 amide bonds. The van der Waals surface area contributed by atoms with Crippen LogP contribution in [0.15, 0.2) is 10.9 Å². The van der Waals surface area contributed by atoms with Gasteiger partial charge in [0.2, 0.25) is 0 Å². The second-order valence-electron chi connectivity index (χ2n) is 3.12. The van der Waals surface area contributed by atoms with E-state index in [0.29, 0.717) is 6.42 Å². The number of esters is 1. The van der Waals surface area contributed by atoms with E-state index in [2.05, 4.69) is 10.3 Å². The summed E-state index contributed by atoms with van der Waals surface area (Å²) >= 11 is 0. The Hall–Kier alpha value is -1.85. The van der Waals surface area contributed by atoms with Crippen LogP contribution in [0, 0.1) is 5.82 Å². The Balaban J connectivity index is 3.06. The van der Waals surface area contributed by atoms with Crippen molar-refractivity contribution in [2.45, 2.75) is 13.3 Å². The number of nitrogens with one attached hydrogen (secondary N) is 2. The number of aromatic nitrogens is 1. The monoisotopic (exact) mass is 228 g/mol. The van der Waals surface area contributed by atoms with E-state index >= 15 is 0 Å². The Kier molecular flexibility index (Phi) is 4.04. The molecule has 88 valence electrons. The fraction of sp³-hybridized carbons (Fsp3) is 0.400. The molecule has 0 radical (unpaired) electrons. The molecule has 0 aliphatic rings. The lowest BCUT2D eigenvalue weighted by Crippen LogP contribution is -2.18. The zero-order valence-electron chi connectivity index (χ0n) is 9.09. The highest BCUT2D eigenvalue weighted by Gasteiger charge is 2.15. The molecule has 0 aliphatic heterocycles. The van der Waals surface area contributed by atoms with Crippen molar-refractivity contribution >= 4 is 11.8 Å². The number of anilines is 1. The highest BCUT2D eigenvalue weighted by atomic mass is 19.1. The van der Waals surface area contributed by atoms with Crippen molar-refractivity contribution in [3.8, 4) is 0 Å². The van der Waals surface area contributed by atoms with Crippen molar-refractivity contribution in [3.63, 3.8) is 0 Å². The molecular weight excluding hydrogens is 215 g/mol. The van der Waals surface area contributed by atoms with Gasteiger partial charge in [0.05, 0.1) is 6.61 Å². The average molecular weight is 228 g/mol. The molecule has 1 aromatic heterocycles. The number of aromatic amines is 1. The predicted octanol–water partition coefficient (Wildman–Crippen LogP) is 1.12. The van der Waals surface area contributed by atoms with Gasteiger partial charge in [0.1, 0.15) is 11.4 Å². The minimum atomic E-state index is -1.01. The molecule has 6 heteroatoms.